The first kappa shape index (κ1) is 14.5. The number of fused-ring (bicyclic) bond motifs is 1. The van der Waals surface area contributed by atoms with E-state index in [4.69, 9.17) is 9.56 Å². The van der Waals surface area contributed by atoms with Crippen molar-refractivity contribution in [2.45, 2.75) is 13.3 Å². The number of sulfonamides is 1. The van der Waals surface area contributed by atoms with E-state index in [-0.39, 0.29) is 30.4 Å². The molecule has 3 N–H and O–H groups in total. The number of carbonyl (C=O) groups excluding carboxylic acids is 1. The average Bonchev–Trinajstić information content (AvgIpc) is 2.76. The van der Waals surface area contributed by atoms with Crippen LogP contribution in [-0.2, 0) is 10.0 Å². The molecule has 1 amide bonds. The predicted octanol–water partition coefficient (Wildman–Crippen LogP) is 1.15. The van der Waals surface area contributed by atoms with Crippen molar-refractivity contribution < 1.29 is 17.6 Å². The zero-order valence-corrected chi connectivity index (χ0v) is 11.9. The minimum absolute atomic E-state index is 0.160. The minimum atomic E-state index is -3.49. The van der Waals surface area contributed by atoms with E-state index >= 15 is 0 Å². The van der Waals surface area contributed by atoms with E-state index in [0.717, 1.165) is 10.9 Å². The van der Waals surface area contributed by atoms with Crippen LogP contribution in [0.1, 0.15) is 22.5 Å². The van der Waals surface area contributed by atoms with Gasteiger partial charge in [-0.2, -0.15) is 0 Å². The molecule has 1 heterocycles. The molecule has 1 aromatic carbocycles. The van der Waals surface area contributed by atoms with E-state index in [0.29, 0.717) is 5.58 Å². The zero-order chi connectivity index (χ0) is 14.8. The zero-order valence-electron chi connectivity index (χ0n) is 11.0. The topological polar surface area (TPSA) is 102 Å². The lowest BCUT2D eigenvalue weighted by atomic mass is 10.2. The highest BCUT2D eigenvalue weighted by molar-refractivity contribution is 7.89. The molecule has 1 aromatic heterocycles. The second kappa shape index (κ2) is 5.64. The van der Waals surface area contributed by atoms with Gasteiger partial charge in [-0.15, -0.1) is 0 Å². The average molecular weight is 296 g/mol. The van der Waals surface area contributed by atoms with E-state index < -0.39 is 10.0 Å². The molecule has 0 radical (unpaired) electrons. The van der Waals surface area contributed by atoms with Gasteiger partial charge in [-0.25, -0.2) is 13.6 Å². The molecule has 0 atom stereocenters. The highest BCUT2D eigenvalue weighted by atomic mass is 32.2. The smallest absolute Gasteiger partial charge is 0.287 e. The van der Waals surface area contributed by atoms with Crippen molar-refractivity contribution in [3.8, 4) is 0 Å². The van der Waals surface area contributed by atoms with Gasteiger partial charge < -0.3 is 9.73 Å². The highest BCUT2D eigenvalue weighted by Crippen LogP contribution is 2.20. The van der Waals surface area contributed by atoms with Crippen molar-refractivity contribution >= 4 is 26.9 Å². The summed E-state index contributed by atoms with van der Waals surface area (Å²) in [4.78, 5) is 11.8. The molecule has 7 heteroatoms. The third-order valence-electron chi connectivity index (χ3n) is 2.79. The van der Waals surface area contributed by atoms with Crippen LogP contribution >= 0.6 is 0 Å². The molecule has 0 aliphatic heterocycles. The number of furan rings is 1. The Morgan fingerprint density at radius 3 is 2.80 bits per heavy atom. The number of nitrogens with two attached hydrogens (primary N) is 1. The highest BCUT2D eigenvalue weighted by Gasteiger charge is 2.12. The lowest BCUT2D eigenvalue weighted by molar-refractivity contribution is 0.0928. The van der Waals surface area contributed by atoms with Gasteiger partial charge in [0.15, 0.2) is 5.76 Å². The van der Waals surface area contributed by atoms with Gasteiger partial charge in [0.1, 0.15) is 5.58 Å². The molecule has 0 unspecified atom stereocenters. The molecular weight excluding hydrogens is 280 g/mol. The summed E-state index contributed by atoms with van der Waals surface area (Å²) < 4.78 is 26.9. The van der Waals surface area contributed by atoms with Gasteiger partial charge in [0.25, 0.3) is 5.91 Å². The SMILES string of the molecule is Cc1ccc2oc(C(=O)NCCCS(N)(=O)=O)cc2c1. The van der Waals surface area contributed by atoms with Crippen molar-refractivity contribution in [2.75, 3.05) is 12.3 Å². The standard InChI is InChI=1S/C13H16N2O4S/c1-9-3-4-11-10(7-9)8-12(19-11)13(16)15-5-2-6-20(14,17)18/h3-4,7-8H,2,5-6H2,1H3,(H,15,16)(H2,14,17,18). The molecule has 0 aliphatic carbocycles. The lowest BCUT2D eigenvalue weighted by Gasteiger charge is -2.01. The van der Waals surface area contributed by atoms with Gasteiger partial charge in [0.05, 0.1) is 5.75 Å². The maximum Gasteiger partial charge on any atom is 0.287 e. The molecule has 0 aliphatic rings. The Balaban J connectivity index is 1.97. The number of nitrogens with one attached hydrogen (secondary N) is 1. The van der Waals surface area contributed by atoms with Crippen LogP contribution in [0, 0.1) is 6.92 Å². The number of hydrogen-bond acceptors (Lipinski definition) is 4. The van der Waals surface area contributed by atoms with Crippen LogP contribution in [0.3, 0.4) is 0 Å². The van der Waals surface area contributed by atoms with Crippen molar-refractivity contribution in [1.29, 1.82) is 0 Å². The van der Waals surface area contributed by atoms with Crippen molar-refractivity contribution in [2.24, 2.45) is 5.14 Å². The minimum Gasteiger partial charge on any atom is -0.451 e. The summed E-state index contributed by atoms with van der Waals surface area (Å²) in [6.07, 6.45) is 0.268. The molecule has 0 saturated heterocycles. The monoisotopic (exact) mass is 296 g/mol. The largest absolute Gasteiger partial charge is 0.451 e. The molecule has 0 spiro atoms. The summed E-state index contributed by atoms with van der Waals surface area (Å²) in [7, 11) is -3.49. The van der Waals surface area contributed by atoms with E-state index in [1.54, 1.807) is 6.07 Å². The third kappa shape index (κ3) is 3.82. The fourth-order valence-corrected chi connectivity index (χ4v) is 2.38. The van der Waals surface area contributed by atoms with Gasteiger partial charge in [-0.1, -0.05) is 11.6 Å². The quantitative estimate of drug-likeness (QED) is 0.808. The van der Waals surface area contributed by atoms with Gasteiger partial charge in [0.2, 0.25) is 10.0 Å². The van der Waals surface area contributed by atoms with Crippen LogP contribution in [0.25, 0.3) is 11.0 Å². The molecule has 6 nitrogen and oxygen atoms in total. The van der Waals surface area contributed by atoms with Crippen molar-refractivity contribution in [3.63, 3.8) is 0 Å². The predicted molar refractivity (Wildman–Crippen MR) is 75.9 cm³/mol. The summed E-state index contributed by atoms with van der Waals surface area (Å²) in [6.45, 7) is 2.19. The van der Waals surface area contributed by atoms with Crippen molar-refractivity contribution in [1.82, 2.24) is 5.32 Å². The normalized spacial score (nSPS) is 11.7. The van der Waals surface area contributed by atoms with Crippen LogP contribution in [0.2, 0.25) is 0 Å². The second-order valence-corrected chi connectivity index (χ2v) is 6.36. The van der Waals surface area contributed by atoms with Crippen LogP contribution < -0.4 is 10.5 Å². The van der Waals surface area contributed by atoms with Crippen LogP contribution in [0.15, 0.2) is 28.7 Å². The van der Waals surface area contributed by atoms with Crippen LogP contribution in [0.5, 0.6) is 0 Å². The molecule has 0 fully saturated rings. The number of carbonyl (C=O) groups is 1. The second-order valence-electron chi connectivity index (χ2n) is 4.63. The van der Waals surface area contributed by atoms with E-state index in [2.05, 4.69) is 5.32 Å². The van der Waals surface area contributed by atoms with Gasteiger partial charge in [-0.05, 0) is 31.5 Å². The summed E-state index contributed by atoms with van der Waals surface area (Å²) in [5.74, 6) is -0.318. The van der Waals surface area contributed by atoms with Gasteiger partial charge in [0, 0.05) is 11.9 Å². The maximum atomic E-state index is 11.8. The number of aryl methyl sites for hydroxylation is 1. The first-order valence-corrected chi connectivity index (χ1v) is 7.85. The fourth-order valence-electron chi connectivity index (χ4n) is 1.84. The maximum absolute atomic E-state index is 11.8. The Hall–Kier alpha value is -1.86. The number of benzene rings is 1. The van der Waals surface area contributed by atoms with Crippen LogP contribution in [0.4, 0.5) is 0 Å². The Kier molecular flexibility index (Phi) is 4.10. The number of hydrogen-bond donors (Lipinski definition) is 2. The summed E-state index contributed by atoms with van der Waals surface area (Å²) in [5.41, 5.74) is 1.73. The molecule has 108 valence electrons. The Morgan fingerprint density at radius 2 is 2.10 bits per heavy atom. The van der Waals surface area contributed by atoms with E-state index in [1.807, 2.05) is 25.1 Å². The number of rotatable bonds is 5. The fraction of sp³-hybridized carbons (Fsp3) is 0.308. The molecule has 0 bridgehead atoms. The number of primary sulfonamides is 1. The Bertz CT molecular complexity index is 734. The van der Waals surface area contributed by atoms with Crippen LogP contribution in [-0.4, -0.2) is 26.6 Å². The van der Waals surface area contributed by atoms with Gasteiger partial charge in [-0.3, -0.25) is 4.79 Å². The van der Waals surface area contributed by atoms with E-state index in [1.165, 1.54) is 0 Å². The van der Waals surface area contributed by atoms with Gasteiger partial charge >= 0.3 is 0 Å². The number of amides is 1. The summed E-state index contributed by atoms with van der Waals surface area (Å²) >= 11 is 0. The Labute approximate surface area is 117 Å². The van der Waals surface area contributed by atoms with Crippen molar-refractivity contribution in [3.05, 3.63) is 35.6 Å². The Morgan fingerprint density at radius 1 is 1.35 bits per heavy atom. The first-order valence-electron chi connectivity index (χ1n) is 6.14. The molecule has 20 heavy (non-hydrogen) atoms. The summed E-state index contributed by atoms with van der Waals surface area (Å²) in [6, 6.07) is 7.30. The lowest BCUT2D eigenvalue weighted by Crippen LogP contribution is -2.27. The summed E-state index contributed by atoms with van der Waals surface area (Å²) in [5, 5.41) is 8.32. The molecular formula is C13H16N2O4S. The van der Waals surface area contributed by atoms with E-state index in [9.17, 15) is 13.2 Å². The molecule has 2 rings (SSSR count). The molecule has 2 aromatic rings. The third-order valence-corrected chi connectivity index (χ3v) is 3.64. The first-order chi connectivity index (χ1) is 9.35. The molecule has 0 saturated carbocycles.